The number of rotatable bonds is 5. The molecule has 1 aliphatic heterocycles. The molecule has 0 spiro atoms. The third kappa shape index (κ3) is 5.09. The predicted octanol–water partition coefficient (Wildman–Crippen LogP) is 8.81. The van der Waals surface area contributed by atoms with Crippen molar-refractivity contribution in [2.75, 3.05) is 18.0 Å². The highest BCUT2D eigenvalue weighted by Gasteiger charge is 2.33. The van der Waals surface area contributed by atoms with Crippen LogP contribution in [0.25, 0.3) is 9.53 Å². The second-order valence-electron chi connectivity index (χ2n) is 7.40. The van der Waals surface area contributed by atoms with Crippen molar-refractivity contribution in [3.8, 4) is 0 Å². The predicted molar refractivity (Wildman–Crippen MR) is 125 cm³/mol. The van der Waals surface area contributed by atoms with Crippen molar-refractivity contribution in [2.45, 2.75) is 19.0 Å². The minimum atomic E-state index is -4.36. The van der Waals surface area contributed by atoms with Gasteiger partial charge < -0.3 is 4.90 Å². The molecule has 3 heterocycles. The van der Waals surface area contributed by atoms with Gasteiger partial charge in [0.15, 0.2) is 0 Å². The Morgan fingerprint density at radius 2 is 1.30 bits per heavy atom. The monoisotopic (exact) mass is 486 g/mol. The van der Waals surface area contributed by atoms with Crippen molar-refractivity contribution < 1.29 is 13.2 Å². The van der Waals surface area contributed by atoms with Crippen molar-refractivity contribution in [1.82, 2.24) is 4.98 Å². The smallest absolute Gasteiger partial charge is 0.372 e. The van der Waals surface area contributed by atoms with E-state index < -0.39 is 11.1 Å². The molecule has 168 valence electrons. The Bertz CT molecular complexity index is 1270. The molecule has 4 aromatic rings. The molecule has 0 amide bonds. The maximum Gasteiger partial charge on any atom is 0.425 e. The molecule has 0 aliphatic carbocycles. The van der Waals surface area contributed by atoms with Crippen LogP contribution >= 0.6 is 22.7 Å². The Hall–Kier alpha value is -3.18. The molecule has 33 heavy (non-hydrogen) atoms. The van der Waals surface area contributed by atoms with Crippen molar-refractivity contribution >= 4 is 60.1 Å². The Kier molecular flexibility index (Phi) is 5.90. The van der Waals surface area contributed by atoms with Crippen molar-refractivity contribution in [3.63, 3.8) is 0 Å². The van der Waals surface area contributed by atoms with Crippen LogP contribution in [0.3, 0.4) is 0 Å². The Balaban J connectivity index is 1.21. The first kappa shape index (κ1) is 21.7. The summed E-state index contributed by atoms with van der Waals surface area (Å²) < 4.78 is 38.7. The Morgan fingerprint density at radius 3 is 1.85 bits per heavy atom. The molecule has 0 N–H and O–H groups in total. The second-order valence-corrected chi connectivity index (χ2v) is 9.44. The van der Waals surface area contributed by atoms with Crippen LogP contribution in [-0.4, -0.2) is 18.1 Å². The SMILES string of the molecule is FC(F)(F)c1cc2sc(N=Nc3ccc(N=Nc4ccc(N5CCCC5)cc4)cc3)nc2s1. The summed E-state index contributed by atoms with van der Waals surface area (Å²) in [4.78, 5) is 6.13. The van der Waals surface area contributed by atoms with Gasteiger partial charge in [0, 0.05) is 18.8 Å². The molecule has 6 nitrogen and oxygen atoms in total. The third-order valence-corrected chi connectivity index (χ3v) is 7.15. The summed E-state index contributed by atoms with van der Waals surface area (Å²) in [5.41, 5.74) is 3.24. The minimum absolute atomic E-state index is 0.311. The average molecular weight is 487 g/mol. The number of anilines is 1. The van der Waals surface area contributed by atoms with Gasteiger partial charge in [-0.3, -0.25) is 0 Å². The highest BCUT2D eigenvalue weighted by Crippen LogP contribution is 2.41. The summed E-state index contributed by atoms with van der Waals surface area (Å²) in [5.74, 6) is 0. The second kappa shape index (κ2) is 8.99. The van der Waals surface area contributed by atoms with Gasteiger partial charge in [-0.05, 0) is 67.4 Å². The quantitative estimate of drug-likeness (QED) is 0.265. The van der Waals surface area contributed by atoms with Gasteiger partial charge in [-0.25, -0.2) is 4.98 Å². The summed E-state index contributed by atoms with van der Waals surface area (Å²) in [6, 6.07) is 16.2. The van der Waals surface area contributed by atoms with Crippen LogP contribution in [0.2, 0.25) is 0 Å². The minimum Gasteiger partial charge on any atom is -0.372 e. The van der Waals surface area contributed by atoms with E-state index in [1.807, 2.05) is 12.1 Å². The number of thiophene rings is 1. The van der Waals surface area contributed by atoms with E-state index in [-0.39, 0.29) is 0 Å². The topological polar surface area (TPSA) is 65.6 Å². The van der Waals surface area contributed by atoms with Gasteiger partial charge in [-0.15, -0.1) is 21.6 Å². The zero-order chi connectivity index (χ0) is 22.8. The van der Waals surface area contributed by atoms with E-state index in [0.717, 1.165) is 36.2 Å². The van der Waals surface area contributed by atoms with E-state index >= 15 is 0 Å². The van der Waals surface area contributed by atoms with Crippen molar-refractivity contribution in [2.24, 2.45) is 20.5 Å². The van der Waals surface area contributed by atoms with E-state index in [1.54, 1.807) is 24.3 Å². The largest absolute Gasteiger partial charge is 0.425 e. The lowest BCUT2D eigenvalue weighted by molar-refractivity contribution is -0.134. The zero-order valence-electron chi connectivity index (χ0n) is 17.2. The van der Waals surface area contributed by atoms with E-state index in [4.69, 9.17) is 0 Å². The molecule has 0 unspecified atom stereocenters. The Morgan fingerprint density at radius 1 is 0.758 bits per heavy atom. The highest BCUT2D eigenvalue weighted by molar-refractivity contribution is 7.28. The number of fused-ring (bicyclic) bond motifs is 1. The fourth-order valence-corrected chi connectivity index (χ4v) is 5.31. The molecule has 1 fully saturated rings. The van der Waals surface area contributed by atoms with Gasteiger partial charge in [-0.2, -0.15) is 23.4 Å². The lowest BCUT2D eigenvalue weighted by Crippen LogP contribution is -2.17. The number of benzene rings is 2. The number of aromatic nitrogens is 1. The molecule has 1 aliphatic rings. The normalized spacial score (nSPS) is 14.9. The van der Waals surface area contributed by atoms with Crippen LogP contribution in [0.4, 0.5) is 41.1 Å². The lowest BCUT2D eigenvalue weighted by Gasteiger charge is -2.17. The first-order valence-corrected chi connectivity index (χ1v) is 11.8. The first-order chi connectivity index (χ1) is 15.9. The molecule has 5 rings (SSSR count). The summed E-state index contributed by atoms with van der Waals surface area (Å²) in [6.45, 7) is 2.20. The van der Waals surface area contributed by atoms with E-state index in [2.05, 4.69) is 42.5 Å². The van der Waals surface area contributed by atoms with Gasteiger partial charge in [0.25, 0.3) is 0 Å². The molecule has 2 aromatic heterocycles. The number of azo groups is 2. The summed E-state index contributed by atoms with van der Waals surface area (Å²) in [6.07, 6.45) is -1.88. The van der Waals surface area contributed by atoms with E-state index in [0.29, 0.717) is 37.4 Å². The number of halogens is 3. The number of hydrogen-bond acceptors (Lipinski definition) is 8. The van der Waals surface area contributed by atoms with Gasteiger partial charge >= 0.3 is 6.18 Å². The van der Waals surface area contributed by atoms with Crippen LogP contribution in [0, 0.1) is 0 Å². The van der Waals surface area contributed by atoms with Gasteiger partial charge in [-0.1, -0.05) is 11.3 Å². The lowest BCUT2D eigenvalue weighted by atomic mass is 10.2. The molecule has 0 bridgehead atoms. The summed E-state index contributed by atoms with van der Waals surface area (Å²) in [7, 11) is 0. The van der Waals surface area contributed by atoms with E-state index in [9.17, 15) is 13.2 Å². The molecule has 0 atom stereocenters. The Labute approximate surface area is 195 Å². The molecule has 11 heteroatoms. The molecular weight excluding hydrogens is 469 g/mol. The summed E-state index contributed by atoms with van der Waals surface area (Å²) >= 11 is 1.68. The number of thiazole rings is 1. The molecule has 1 saturated heterocycles. The van der Waals surface area contributed by atoms with Crippen LogP contribution < -0.4 is 4.90 Å². The standard InChI is InChI=1S/C22H17F3N6S2/c23-22(24,25)19-13-18-20(33-19)26-21(32-18)30-29-15-5-3-14(4-6-15)27-28-16-7-9-17(10-8-16)31-11-1-2-12-31/h3-10,13H,1-2,11-12H2. The first-order valence-electron chi connectivity index (χ1n) is 10.2. The number of hydrogen-bond donors (Lipinski definition) is 0. The van der Waals surface area contributed by atoms with E-state index in [1.165, 1.54) is 18.5 Å². The zero-order valence-corrected chi connectivity index (χ0v) is 18.8. The van der Waals surface area contributed by atoms with Crippen LogP contribution in [-0.2, 0) is 6.18 Å². The number of nitrogens with zero attached hydrogens (tertiary/aromatic N) is 6. The van der Waals surface area contributed by atoms with Crippen LogP contribution in [0.15, 0.2) is 75.1 Å². The highest BCUT2D eigenvalue weighted by atomic mass is 32.1. The molecule has 0 radical (unpaired) electrons. The van der Waals surface area contributed by atoms with Crippen LogP contribution in [0.5, 0.6) is 0 Å². The fourth-order valence-electron chi connectivity index (χ4n) is 3.41. The maximum atomic E-state index is 12.8. The third-order valence-electron chi connectivity index (χ3n) is 5.06. The average Bonchev–Trinajstić information content (AvgIpc) is 3.54. The van der Waals surface area contributed by atoms with Gasteiger partial charge in [0.2, 0.25) is 5.13 Å². The number of alkyl halides is 3. The van der Waals surface area contributed by atoms with Crippen molar-refractivity contribution in [3.05, 3.63) is 59.5 Å². The maximum absolute atomic E-state index is 12.8. The summed E-state index contributed by atoms with van der Waals surface area (Å²) in [5, 5.41) is 17.0. The molecule has 0 saturated carbocycles. The van der Waals surface area contributed by atoms with Crippen LogP contribution in [0.1, 0.15) is 17.7 Å². The molecule has 2 aromatic carbocycles. The van der Waals surface area contributed by atoms with Gasteiger partial charge in [0.05, 0.1) is 21.8 Å². The van der Waals surface area contributed by atoms with Crippen molar-refractivity contribution in [1.29, 1.82) is 0 Å². The molecular formula is C22H17F3N6S2. The van der Waals surface area contributed by atoms with Gasteiger partial charge in [0.1, 0.15) is 9.71 Å². The fraction of sp³-hybridized carbons (Fsp3) is 0.227.